The van der Waals surface area contributed by atoms with Crippen LogP contribution in [-0.4, -0.2) is 42.5 Å². The third-order valence-corrected chi connectivity index (χ3v) is 6.33. The Balaban J connectivity index is 1.55. The Morgan fingerprint density at radius 3 is 2.08 bits per heavy atom. The molecule has 2 N–H and O–H groups in total. The van der Waals surface area contributed by atoms with Crippen LogP contribution in [0.3, 0.4) is 0 Å². The largest absolute Gasteiger partial charge is 0.453 e. The molecule has 0 fully saturated rings. The average molecular weight is 528 g/mol. The fourth-order valence-electron chi connectivity index (χ4n) is 4.36. The second-order valence-electron chi connectivity index (χ2n) is 8.70. The number of nitrogens with two attached hydrogens (primary N) is 1. The molecule has 0 aliphatic rings. The van der Waals surface area contributed by atoms with E-state index in [0.29, 0.717) is 50.3 Å². The van der Waals surface area contributed by atoms with Crippen LogP contribution >= 0.6 is 11.6 Å². The summed E-state index contributed by atoms with van der Waals surface area (Å²) < 4.78 is 19.9. The Hall–Kier alpha value is -3.68. The Morgan fingerprint density at radius 1 is 0.711 bits per heavy atom. The zero-order valence-corrected chi connectivity index (χ0v) is 21.8. The van der Waals surface area contributed by atoms with Gasteiger partial charge in [0.2, 0.25) is 0 Å². The first-order chi connectivity index (χ1) is 18.7. The minimum Gasteiger partial charge on any atom is -0.453 e. The Bertz CT molecular complexity index is 1450. The van der Waals surface area contributed by atoms with Gasteiger partial charge in [-0.05, 0) is 24.3 Å². The van der Waals surface area contributed by atoms with E-state index in [1.165, 1.54) is 0 Å². The lowest BCUT2D eigenvalue weighted by Gasteiger charge is -2.13. The predicted octanol–water partition coefficient (Wildman–Crippen LogP) is 6.79. The van der Waals surface area contributed by atoms with Crippen LogP contribution in [0.5, 0.6) is 0 Å². The summed E-state index contributed by atoms with van der Waals surface area (Å²) in [5.74, 6) is 2.14. The van der Waals surface area contributed by atoms with Crippen molar-refractivity contribution >= 4 is 11.6 Å². The molecule has 194 valence electrons. The SMILES string of the molecule is NCCOCCOCCn1c(-c2ccc(-c3cccc(Cl)c3)o2)nc(-c2ccccc2)c1-c1ccccc1. The van der Waals surface area contributed by atoms with E-state index in [2.05, 4.69) is 28.8 Å². The summed E-state index contributed by atoms with van der Waals surface area (Å²) in [6, 6.07) is 32.1. The van der Waals surface area contributed by atoms with Crippen molar-refractivity contribution in [2.45, 2.75) is 6.54 Å². The number of furan rings is 1. The van der Waals surface area contributed by atoms with Crippen molar-refractivity contribution in [2.24, 2.45) is 5.73 Å². The van der Waals surface area contributed by atoms with Gasteiger partial charge in [-0.25, -0.2) is 4.98 Å². The molecule has 0 aliphatic heterocycles. The molecule has 0 saturated carbocycles. The molecule has 0 amide bonds. The minimum absolute atomic E-state index is 0.491. The van der Waals surface area contributed by atoms with Gasteiger partial charge in [-0.1, -0.05) is 84.4 Å². The van der Waals surface area contributed by atoms with Crippen LogP contribution in [0, 0.1) is 0 Å². The number of halogens is 1. The van der Waals surface area contributed by atoms with E-state index < -0.39 is 0 Å². The highest BCUT2D eigenvalue weighted by molar-refractivity contribution is 6.30. The molecule has 0 aliphatic carbocycles. The summed E-state index contributed by atoms with van der Waals surface area (Å²) in [5.41, 5.74) is 10.4. The number of rotatable bonds is 12. The Labute approximate surface area is 227 Å². The first-order valence-corrected chi connectivity index (χ1v) is 13.1. The summed E-state index contributed by atoms with van der Waals surface area (Å²) in [6.45, 7) is 3.11. The van der Waals surface area contributed by atoms with Gasteiger partial charge in [0, 0.05) is 34.8 Å². The average Bonchev–Trinajstić information content (AvgIpc) is 3.59. The number of ether oxygens (including phenoxy) is 2. The van der Waals surface area contributed by atoms with E-state index in [4.69, 9.17) is 36.2 Å². The Morgan fingerprint density at radius 2 is 1.37 bits per heavy atom. The second kappa shape index (κ2) is 12.7. The van der Waals surface area contributed by atoms with Gasteiger partial charge in [0.15, 0.2) is 11.6 Å². The fourth-order valence-corrected chi connectivity index (χ4v) is 4.55. The lowest BCUT2D eigenvalue weighted by Crippen LogP contribution is -2.14. The van der Waals surface area contributed by atoms with Gasteiger partial charge >= 0.3 is 0 Å². The highest BCUT2D eigenvalue weighted by Gasteiger charge is 2.23. The Kier molecular flexibility index (Phi) is 8.68. The molecule has 0 saturated heterocycles. The van der Waals surface area contributed by atoms with Crippen LogP contribution in [-0.2, 0) is 16.0 Å². The maximum Gasteiger partial charge on any atom is 0.177 e. The highest BCUT2D eigenvalue weighted by atomic mass is 35.5. The molecule has 5 aromatic rings. The second-order valence-corrected chi connectivity index (χ2v) is 9.14. The van der Waals surface area contributed by atoms with Crippen molar-refractivity contribution in [1.82, 2.24) is 9.55 Å². The molecular formula is C31H30ClN3O3. The summed E-state index contributed by atoms with van der Waals surface area (Å²) >= 11 is 6.23. The molecule has 3 aromatic carbocycles. The highest BCUT2D eigenvalue weighted by Crippen LogP contribution is 2.38. The van der Waals surface area contributed by atoms with E-state index in [9.17, 15) is 0 Å². The van der Waals surface area contributed by atoms with Crippen molar-refractivity contribution in [3.8, 4) is 45.4 Å². The maximum atomic E-state index is 6.35. The third-order valence-electron chi connectivity index (χ3n) is 6.09. The topological polar surface area (TPSA) is 75.4 Å². The van der Waals surface area contributed by atoms with Crippen LogP contribution in [0.2, 0.25) is 5.02 Å². The zero-order chi connectivity index (χ0) is 26.2. The van der Waals surface area contributed by atoms with Gasteiger partial charge in [0.05, 0.1) is 37.8 Å². The van der Waals surface area contributed by atoms with Gasteiger partial charge in [0.1, 0.15) is 5.76 Å². The van der Waals surface area contributed by atoms with Crippen LogP contribution < -0.4 is 5.73 Å². The van der Waals surface area contributed by atoms with E-state index in [1.54, 1.807) is 0 Å². The monoisotopic (exact) mass is 527 g/mol. The minimum atomic E-state index is 0.491. The lowest BCUT2D eigenvalue weighted by molar-refractivity contribution is 0.0479. The van der Waals surface area contributed by atoms with Crippen molar-refractivity contribution in [3.63, 3.8) is 0 Å². The molecule has 5 rings (SSSR count). The van der Waals surface area contributed by atoms with Crippen LogP contribution in [0.15, 0.2) is 101 Å². The first kappa shape index (κ1) is 25.9. The van der Waals surface area contributed by atoms with Gasteiger partial charge in [-0.3, -0.25) is 0 Å². The molecule has 38 heavy (non-hydrogen) atoms. The molecule has 0 unspecified atom stereocenters. The molecule has 7 heteroatoms. The number of aromatic nitrogens is 2. The summed E-state index contributed by atoms with van der Waals surface area (Å²) in [6.07, 6.45) is 0. The number of hydrogen-bond acceptors (Lipinski definition) is 5. The molecule has 0 bridgehead atoms. The van der Waals surface area contributed by atoms with Crippen molar-refractivity contribution < 1.29 is 13.9 Å². The normalized spacial score (nSPS) is 11.2. The van der Waals surface area contributed by atoms with Crippen molar-refractivity contribution in [3.05, 3.63) is 102 Å². The zero-order valence-electron chi connectivity index (χ0n) is 21.1. The van der Waals surface area contributed by atoms with Crippen LogP contribution in [0.1, 0.15) is 0 Å². The molecule has 2 heterocycles. The molecule has 0 atom stereocenters. The predicted molar refractivity (Wildman–Crippen MR) is 152 cm³/mol. The third kappa shape index (κ3) is 6.06. The molecule has 2 aromatic heterocycles. The molecular weight excluding hydrogens is 498 g/mol. The van der Waals surface area contributed by atoms with Crippen LogP contribution in [0.25, 0.3) is 45.4 Å². The van der Waals surface area contributed by atoms with Gasteiger partial charge in [-0.15, -0.1) is 0 Å². The smallest absolute Gasteiger partial charge is 0.177 e. The molecule has 0 spiro atoms. The number of hydrogen-bond donors (Lipinski definition) is 1. The van der Waals surface area contributed by atoms with E-state index in [-0.39, 0.29) is 0 Å². The molecule has 0 radical (unpaired) electrons. The molecule has 6 nitrogen and oxygen atoms in total. The van der Waals surface area contributed by atoms with Crippen molar-refractivity contribution in [2.75, 3.05) is 33.0 Å². The summed E-state index contributed by atoms with van der Waals surface area (Å²) in [5, 5.41) is 0.660. The van der Waals surface area contributed by atoms with Gasteiger partial charge in [-0.2, -0.15) is 0 Å². The number of imidazole rings is 1. The first-order valence-electron chi connectivity index (χ1n) is 12.7. The lowest BCUT2D eigenvalue weighted by atomic mass is 10.0. The fraction of sp³-hybridized carbons (Fsp3) is 0.194. The summed E-state index contributed by atoms with van der Waals surface area (Å²) in [7, 11) is 0. The standard InChI is InChI=1S/C31H30ClN3O3/c32-26-13-7-12-25(22-26)27-14-15-28(38-27)31-34-29(23-8-3-1-4-9-23)30(24-10-5-2-6-11-24)35(31)17-19-37-21-20-36-18-16-33/h1-15,22H,16-21,33H2. The van der Waals surface area contributed by atoms with E-state index >= 15 is 0 Å². The van der Waals surface area contributed by atoms with Crippen molar-refractivity contribution in [1.29, 1.82) is 0 Å². The quantitative estimate of drug-likeness (QED) is 0.181. The van der Waals surface area contributed by atoms with E-state index in [1.807, 2.05) is 72.8 Å². The summed E-state index contributed by atoms with van der Waals surface area (Å²) in [4.78, 5) is 5.14. The van der Waals surface area contributed by atoms with Crippen LogP contribution in [0.4, 0.5) is 0 Å². The number of benzene rings is 3. The maximum absolute atomic E-state index is 6.35. The van der Waals surface area contributed by atoms with E-state index in [0.717, 1.165) is 39.7 Å². The number of nitrogens with zero attached hydrogens (tertiary/aromatic N) is 2. The van der Waals surface area contributed by atoms with Gasteiger partial charge in [0.25, 0.3) is 0 Å². The van der Waals surface area contributed by atoms with Gasteiger partial charge < -0.3 is 24.2 Å².